The predicted molar refractivity (Wildman–Crippen MR) is 78.2 cm³/mol. The molecule has 3 rings (SSSR count). The van der Waals surface area contributed by atoms with Crippen LogP contribution >= 0.6 is 0 Å². The van der Waals surface area contributed by atoms with Crippen LogP contribution in [0.2, 0.25) is 0 Å². The number of hydrogen-bond acceptors (Lipinski definition) is 2. The van der Waals surface area contributed by atoms with E-state index in [2.05, 4.69) is 27.7 Å². The second-order valence-electron chi connectivity index (χ2n) is 8.11. The lowest BCUT2D eigenvalue weighted by molar-refractivity contribution is -0.149. The van der Waals surface area contributed by atoms with Crippen molar-refractivity contribution in [2.24, 2.45) is 22.2 Å². The number of Topliss-reactive ketones (excluding diaryl/α,β-unsaturated/α-hetero) is 1. The van der Waals surface area contributed by atoms with Gasteiger partial charge in [0.15, 0.2) is 0 Å². The maximum absolute atomic E-state index is 13.2. The fraction of sp³-hybridized carbons (Fsp3) is 0.882. The molecular formula is C17H27NO2. The number of fused-ring (bicyclic) bond motifs is 2. The Morgan fingerprint density at radius 1 is 1.15 bits per heavy atom. The Bertz CT molecular complexity index is 462. The molecule has 3 fully saturated rings. The van der Waals surface area contributed by atoms with Gasteiger partial charge in [-0.15, -0.1) is 0 Å². The maximum Gasteiger partial charge on any atom is 0.229 e. The largest absolute Gasteiger partial charge is 0.342 e. The van der Waals surface area contributed by atoms with E-state index in [0.717, 1.165) is 44.7 Å². The lowest BCUT2D eigenvalue weighted by Gasteiger charge is -2.43. The molecule has 0 aromatic carbocycles. The molecule has 1 aliphatic heterocycles. The van der Waals surface area contributed by atoms with E-state index in [4.69, 9.17) is 0 Å². The van der Waals surface area contributed by atoms with E-state index in [1.165, 1.54) is 0 Å². The van der Waals surface area contributed by atoms with E-state index in [1.54, 1.807) is 0 Å². The Morgan fingerprint density at radius 3 is 2.20 bits per heavy atom. The summed E-state index contributed by atoms with van der Waals surface area (Å²) in [5, 5.41) is 0. The number of ketones is 1. The molecular weight excluding hydrogens is 250 g/mol. The fourth-order valence-electron chi connectivity index (χ4n) is 4.85. The van der Waals surface area contributed by atoms with E-state index < -0.39 is 5.41 Å². The van der Waals surface area contributed by atoms with Gasteiger partial charge in [-0.25, -0.2) is 0 Å². The molecule has 2 bridgehead atoms. The van der Waals surface area contributed by atoms with Crippen LogP contribution in [0.3, 0.4) is 0 Å². The van der Waals surface area contributed by atoms with Crippen molar-refractivity contribution in [3.05, 3.63) is 0 Å². The van der Waals surface area contributed by atoms with Crippen LogP contribution in [0.4, 0.5) is 0 Å². The molecule has 1 amide bonds. The van der Waals surface area contributed by atoms with Gasteiger partial charge in [-0.05, 0) is 37.0 Å². The summed E-state index contributed by atoms with van der Waals surface area (Å²) in [5.74, 6) is 1.31. The van der Waals surface area contributed by atoms with E-state index >= 15 is 0 Å². The molecule has 3 aliphatic rings. The van der Waals surface area contributed by atoms with Gasteiger partial charge in [0.05, 0.1) is 5.41 Å². The van der Waals surface area contributed by atoms with Crippen LogP contribution in [0.5, 0.6) is 0 Å². The van der Waals surface area contributed by atoms with Crippen molar-refractivity contribution in [2.75, 3.05) is 13.1 Å². The smallest absolute Gasteiger partial charge is 0.229 e. The minimum Gasteiger partial charge on any atom is -0.342 e. The van der Waals surface area contributed by atoms with E-state index in [1.807, 2.05) is 4.90 Å². The number of rotatable bonds is 1. The Morgan fingerprint density at radius 2 is 1.75 bits per heavy atom. The van der Waals surface area contributed by atoms with Gasteiger partial charge in [0.25, 0.3) is 0 Å². The van der Waals surface area contributed by atoms with Crippen LogP contribution in [-0.2, 0) is 9.59 Å². The van der Waals surface area contributed by atoms with Crippen LogP contribution in [0, 0.1) is 22.2 Å². The molecule has 3 heteroatoms. The maximum atomic E-state index is 13.2. The molecule has 2 atom stereocenters. The van der Waals surface area contributed by atoms with Crippen LogP contribution < -0.4 is 0 Å². The van der Waals surface area contributed by atoms with Crippen LogP contribution in [0.15, 0.2) is 0 Å². The monoisotopic (exact) mass is 277 g/mol. The number of hydrogen-bond donors (Lipinski definition) is 0. The first kappa shape index (κ1) is 14.1. The number of likely N-dealkylation sites (tertiary alicyclic amines) is 1. The van der Waals surface area contributed by atoms with Crippen LogP contribution in [-0.4, -0.2) is 29.7 Å². The lowest BCUT2D eigenvalue weighted by atomic mass is 9.64. The Hall–Kier alpha value is -0.860. The lowest BCUT2D eigenvalue weighted by Crippen LogP contribution is -2.50. The van der Waals surface area contributed by atoms with Gasteiger partial charge in [-0.2, -0.15) is 0 Å². The highest BCUT2D eigenvalue weighted by Crippen LogP contribution is 2.71. The summed E-state index contributed by atoms with van der Waals surface area (Å²) in [6, 6.07) is 0. The minimum atomic E-state index is -0.417. The van der Waals surface area contributed by atoms with Gasteiger partial charge in [-0.1, -0.05) is 27.7 Å². The second kappa shape index (κ2) is 4.08. The SMILES string of the molecule is CC1CCN(C(=O)[C@]23CC[C@@](C)(C(=O)C2)C3(C)C)CC1. The molecule has 112 valence electrons. The molecule has 20 heavy (non-hydrogen) atoms. The number of amides is 1. The summed E-state index contributed by atoms with van der Waals surface area (Å²) < 4.78 is 0. The van der Waals surface area contributed by atoms with Crippen molar-refractivity contribution in [1.29, 1.82) is 0 Å². The first-order valence-electron chi connectivity index (χ1n) is 8.07. The number of nitrogens with zero attached hydrogens (tertiary/aromatic N) is 1. The zero-order chi connectivity index (χ0) is 14.8. The first-order valence-corrected chi connectivity index (χ1v) is 8.07. The van der Waals surface area contributed by atoms with Gasteiger partial charge in [-0.3, -0.25) is 9.59 Å². The van der Waals surface area contributed by atoms with Crippen LogP contribution in [0.25, 0.3) is 0 Å². The Balaban J connectivity index is 1.90. The molecule has 0 aromatic heterocycles. The number of piperidine rings is 1. The third kappa shape index (κ3) is 1.47. The van der Waals surface area contributed by atoms with Gasteiger partial charge in [0.1, 0.15) is 5.78 Å². The van der Waals surface area contributed by atoms with Crippen molar-refractivity contribution >= 4 is 11.7 Å². The van der Waals surface area contributed by atoms with Gasteiger partial charge in [0, 0.05) is 24.9 Å². The molecule has 3 nitrogen and oxygen atoms in total. The summed E-state index contributed by atoms with van der Waals surface area (Å²) in [4.78, 5) is 27.7. The zero-order valence-corrected chi connectivity index (χ0v) is 13.3. The average molecular weight is 277 g/mol. The summed E-state index contributed by atoms with van der Waals surface area (Å²) in [6.07, 6.45) is 4.46. The Kier molecular flexibility index (Phi) is 2.88. The third-order valence-electron chi connectivity index (χ3n) is 7.19. The molecule has 0 unspecified atom stereocenters. The average Bonchev–Trinajstić information content (AvgIpc) is 2.69. The van der Waals surface area contributed by atoms with Crippen LogP contribution in [0.1, 0.15) is 59.8 Å². The molecule has 1 saturated heterocycles. The molecule has 2 aliphatic carbocycles. The second-order valence-corrected chi connectivity index (χ2v) is 8.11. The van der Waals surface area contributed by atoms with Gasteiger partial charge in [0.2, 0.25) is 5.91 Å². The standard InChI is InChI=1S/C17H27NO2/c1-12-5-9-18(10-6-12)14(20)17-8-7-16(4,13(19)11-17)15(17,2)3/h12H,5-11H2,1-4H3/t16-,17-/m0/s1. The van der Waals surface area contributed by atoms with Crippen molar-refractivity contribution in [3.63, 3.8) is 0 Å². The Labute approximate surface area is 122 Å². The molecule has 0 aromatic rings. The number of carbonyl (C=O) groups is 2. The van der Waals surface area contributed by atoms with E-state index in [-0.39, 0.29) is 16.7 Å². The quantitative estimate of drug-likeness (QED) is 0.739. The topological polar surface area (TPSA) is 37.4 Å². The predicted octanol–water partition coefficient (Wildman–Crippen LogP) is 3.03. The summed E-state index contributed by atoms with van der Waals surface area (Å²) in [7, 11) is 0. The van der Waals surface area contributed by atoms with Crippen molar-refractivity contribution in [3.8, 4) is 0 Å². The summed E-state index contributed by atoms with van der Waals surface area (Å²) in [6.45, 7) is 10.4. The molecule has 0 spiro atoms. The normalized spacial score (nSPS) is 40.4. The van der Waals surface area contributed by atoms with E-state index in [9.17, 15) is 9.59 Å². The van der Waals surface area contributed by atoms with E-state index in [0.29, 0.717) is 12.2 Å². The zero-order valence-electron chi connectivity index (χ0n) is 13.3. The van der Waals surface area contributed by atoms with Crippen molar-refractivity contribution in [1.82, 2.24) is 4.90 Å². The van der Waals surface area contributed by atoms with Gasteiger partial charge < -0.3 is 4.90 Å². The molecule has 0 radical (unpaired) electrons. The summed E-state index contributed by atoms with van der Waals surface area (Å²) >= 11 is 0. The molecule has 0 N–H and O–H groups in total. The fourth-order valence-corrected chi connectivity index (χ4v) is 4.85. The third-order valence-corrected chi connectivity index (χ3v) is 7.19. The molecule has 1 heterocycles. The minimum absolute atomic E-state index is 0.197. The van der Waals surface area contributed by atoms with Gasteiger partial charge >= 0.3 is 0 Å². The highest BCUT2D eigenvalue weighted by Gasteiger charge is 2.72. The highest BCUT2D eigenvalue weighted by molar-refractivity contribution is 5.99. The van der Waals surface area contributed by atoms with Crippen molar-refractivity contribution < 1.29 is 9.59 Å². The first-order chi connectivity index (χ1) is 9.24. The van der Waals surface area contributed by atoms with Crippen molar-refractivity contribution in [2.45, 2.75) is 59.8 Å². The molecule has 2 saturated carbocycles. The highest BCUT2D eigenvalue weighted by atomic mass is 16.2. The number of carbonyl (C=O) groups excluding carboxylic acids is 2. The summed E-state index contributed by atoms with van der Waals surface area (Å²) in [5.41, 5.74) is -0.900.